The van der Waals surface area contributed by atoms with Gasteiger partial charge in [-0.3, -0.25) is 14.4 Å². The molecule has 0 amide bonds. The van der Waals surface area contributed by atoms with Gasteiger partial charge >= 0.3 is 17.3 Å². The van der Waals surface area contributed by atoms with E-state index in [0.29, 0.717) is 42.9 Å². The van der Waals surface area contributed by atoms with Crippen molar-refractivity contribution in [1.29, 1.82) is 0 Å². The number of furan rings is 2. The molecule has 0 bridgehead atoms. The second kappa shape index (κ2) is 14.9. The summed E-state index contributed by atoms with van der Waals surface area (Å²) in [6.07, 6.45) is 22.4. The number of ether oxygens (including phenoxy) is 1. The van der Waals surface area contributed by atoms with Gasteiger partial charge in [0.2, 0.25) is 0 Å². The quantitative estimate of drug-likeness (QED) is 0.141. The van der Waals surface area contributed by atoms with Gasteiger partial charge in [-0.05, 0) is 145 Å². The molecule has 1 aliphatic heterocycles. The number of carbonyl (C=O) groups excluding carboxylic acids is 3. The van der Waals surface area contributed by atoms with E-state index >= 15 is 0 Å². The molecule has 8 heteroatoms. The topological polar surface area (TPSA) is 127 Å². The maximum absolute atomic E-state index is 12.3. The molecule has 2 aromatic rings. The molecule has 1 N–H and O–H groups in total. The van der Waals surface area contributed by atoms with E-state index in [9.17, 15) is 19.5 Å². The number of esters is 1. The first-order valence-corrected chi connectivity index (χ1v) is 23.3. The van der Waals surface area contributed by atoms with Crippen LogP contribution in [0.5, 0.6) is 0 Å². The standard InChI is InChI=1S/C27H32O4.C26H32O3.CO/c1-16-4-5-22(30-16)19-15-17-14-18(28)6-10-25(17,2)20-7-11-26(3)21(24(19)20)8-12-27(26)13-9-23(29)31-27;1-5-26(28)13-10-21-23-19(22-7-6-16(2)29-22)15-17-14-18(27)8-11-24(17,3)20(23)9-12-25(21,26)4;1-2/h4-5,7,14,19,21,24H,6,8-13,15H2,1-3H3;5-7,9,14,19,21,23,28H,1,8,10-13,15H2,2-4H3;/t19-,21?,24?,25-,26-,27+;19-,21?,23?,24-,25-,26-;/m00./s1. The molecule has 4 unspecified atom stereocenters. The molecular formula is C54H64O8. The van der Waals surface area contributed by atoms with Gasteiger partial charge in [-0.15, -0.1) is 6.58 Å². The molecule has 4 saturated carbocycles. The van der Waals surface area contributed by atoms with Crippen molar-refractivity contribution in [3.05, 3.63) is 113 Å². The molecule has 9 aliphatic rings. The molecule has 1 saturated heterocycles. The van der Waals surface area contributed by atoms with E-state index in [2.05, 4.69) is 71.3 Å². The number of allylic oxidation sites excluding steroid dienone is 8. The summed E-state index contributed by atoms with van der Waals surface area (Å²) >= 11 is 0. The number of carbonyl (C=O) groups is 3. The average molecular weight is 841 g/mol. The van der Waals surface area contributed by atoms with Crippen LogP contribution in [0.25, 0.3) is 0 Å². The number of fused-ring (bicyclic) bond motifs is 11. The van der Waals surface area contributed by atoms with Crippen LogP contribution in [-0.4, -0.2) is 33.8 Å². The zero-order chi connectivity index (χ0) is 44.2. The first-order valence-electron chi connectivity index (χ1n) is 23.3. The van der Waals surface area contributed by atoms with Gasteiger partial charge in [0.25, 0.3) is 0 Å². The second-order valence-electron chi connectivity index (χ2n) is 21.5. The number of hydrogen-bond donors (Lipinski definition) is 1. The van der Waals surface area contributed by atoms with Crippen LogP contribution in [0.1, 0.15) is 152 Å². The Morgan fingerprint density at radius 2 is 1.18 bits per heavy atom. The van der Waals surface area contributed by atoms with Crippen LogP contribution in [0.15, 0.2) is 92.4 Å². The number of aryl methyl sites for hydroxylation is 2. The number of hydrogen-bond acceptors (Lipinski definition) is 7. The molecule has 5 fully saturated rings. The van der Waals surface area contributed by atoms with Gasteiger partial charge in [-0.2, -0.15) is 0 Å². The summed E-state index contributed by atoms with van der Waals surface area (Å²) < 4.78 is 26.0. The van der Waals surface area contributed by atoms with Crippen molar-refractivity contribution in [3.8, 4) is 0 Å². The van der Waals surface area contributed by atoms with Crippen molar-refractivity contribution in [2.24, 2.45) is 45.3 Å². The molecule has 8 aliphatic carbocycles. The molecule has 2 aromatic heterocycles. The zero-order valence-corrected chi connectivity index (χ0v) is 37.6. The van der Waals surface area contributed by atoms with Gasteiger partial charge < -0.3 is 18.7 Å². The van der Waals surface area contributed by atoms with Crippen LogP contribution < -0.4 is 0 Å². The van der Waals surface area contributed by atoms with Crippen molar-refractivity contribution in [1.82, 2.24) is 0 Å². The minimum absolute atomic E-state index is 0.0264. The minimum atomic E-state index is -0.817. The maximum atomic E-state index is 12.3. The van der Waals surface area contributed by atoms with Crippen LogP contribution >= 0.6 is 0 Å². The van der Waals surface area contributed by atoms with Crippen LogP contribution in [0.3, 0.4) is 0 Å². The van der Waals surface area contributed by atoms with E-state index in [1.54, 1.807) is 6.08 Å². The van der Waals surface area contributed by atoms with Gasteiger partial charge in [0.05, 0.1) is 5.60 Å². The van der Waals surface area contributed by atoms with Crippen molar-refractivity contribution in [2.75, 3.05) is 0 Å². The fraction of sp³-hybridized carbons (Fsp3) is 0.593. The SMILES string of the molecule is C=C[C@]1(O)CCC2C3C(=CC[C@@]21C)[C@@]1(C)CCC(=O)C=C1C[C@H]3c1ccc(C)o1.Cc1ccc([C@@H]2CC3=CC(=O)CC[C@]3(C)C3=CC[C@@]4(C)C(CC[C@@]45CCC(=O)O5)C32)o1.[C-]#[O+]. The predicted molar refractivity (Wildman–Crippen MR) is 234 cm³/mol. The Hall–Kier alpha value is -4.23. The van der Waals surface area contributed by atoms with Crippen LogP contribution in [0.4, 0.5) is 0 Å². The van der Waals surface area contributed by atoms with Crippen LogP contribution in [0, 0.1) is 65.8 Å². The Labute approximate surface area is 367 Å². The van der Waals surface area contributed by atoms with Gasteiger partial charge in [0.15, 0.2) is 11.6 Å². The molecule has 62 heavy (non-hydrogen) atoms. The van der Waals surface area contributed by atoms with Gasteiger partial charge in [-0.25, -0.2) is 0 Å². The summed E-state index contributed by atoms with van der Waals surface area (Å²) in [4.78, 5) is 36.8. The summed E-state index contributed by atoms with van der Waals surface area (Å²) in [5.74, 6) is 6.45. The third-order valence-corrected chi connectivity index (χ3v) is 18.9. The Kier molecular flexibility index (Phi) is 10.4. The summed E-state index contributed by atoms with van der Waals surface area (Å²) in [6.45, 7) is 21.8. The van der Waals surface area contributed by atoms with E-state index < -0.39 is 5.60 Å². The molecule has 1 spiro atoms. The summed E-state index contributed by atoms with van der Waals surface area (Å²) in [7, 11) is 0. The molecule has 328 valence electrons. The zero-order valence-electron chi connectivity index (χ0n) is 37.6. The summed E-state index contributed by atoms with van der Waals surface area (Å²) in [6, 6.07) is 8.36. The third kappa shape index (κ3) is 6.09. The second-order valence-corrected chi connectivity index (χ2v) is 21.5. The van der Waals surface area contributed by atoms with Crippen molar-refractivity contribution < 1.29 is 37.7 Å². The van der Waals surface area contributed by atoms with Crippen LogP contribution in [-0.2, 0) is 23.8 Å². The molecule has 0 aromatic carbocycles. The first-order chi connectivity index (χ1) is 29.5. The van der Waals surface area contributed by atoms with E-state index in [1.807, 2.05) is 32.1 Å². The van der Waals surface area contributed by atoms with Gasteiger partial charge in [0, 0.05) is 52.8 Å². The normalized spacial score (nSPS) is 42.4. The Bertz CT molecular complexity index is 2360. The first kappa shape index (κ1) is 43.0. The monoisotopic (exact) mass is 840 g/mol. The molecule has 11 rings (SSSR count). The number of rotatable bonds is 3. The molecule has 8 nitrogen and oxygen atoms in total. The predicted octanol–water partition coefficient (Wildman–Crippen LogP) is 11.4. The number of ketones is 2. The summed E-state index contributed by atoms with van der Waals surface area (Å²) in [5.41, 5.74) is 4.14. The average Bonchev–Trinajstić information content (AvgIpc) is 4.08. The molecular weight excluding hydrogens is 777 g/mol. The van der Waals surface area contributed by atoms with Crippen molar-refractivity contribution in [2.45, 2.75) is 154 Å². The van der Waals surface area contributed by atoms with Crippen LogP contribution in [0.2, 0.25) is 0 Å². The molecule has 12 atom stereocenters. The van der Waals surface area contributed by atoms with Gasteiger partial charge in [0.1, 0.15) is 28.6 Å². The molecule has 3 heterocycles. The Morgan fingerprint density at radius 1 is 0.694 bits per heavy atom. The fourth-order valence-electron chi connectivity index (χ4n) is 15.3. The van der Waals surface area contributed by atoms with E-state index in [4.69, 9.17) is 18.2 Å². The van der Waals surface area contributed by atoms with Crippen molar-refractivity contribution >= 4 is 17.5 Å². The summed E-state index contributed by atoms with van der Waals surface area (Å²) in [5, 5.41) is 11.4. The fourth-order valence-corrected chi connectivity index (χ4v) is 15.3. The van der Waals surface area contributed by atoms with Gasteiger partial charge in [-0.1, -0.05) is 68.2 Å². The Morgan fingerprint density at radius 3 is 1.63 bits per heavy atom. The van der Waals surface area contributed by atoms with E-state index in [0.717, 1.165) is 93.7 Å². The van der Waals surface area contributed by atoms with Crippen molar-refractivity contribution in [3.63, 3.8) is 0 Å². The van der Waals surface area contributed by atoms with E-state index in [1.165, 1.54) is 22.3 Å². The molecule has 0 radical (unpaired) electrons. The Balaban J connectivity index is 0.000000152. The number of aliphatic hydroxyl groups is 1. The third-order valence-electron chi connectivity index (χ3n) is 18.9. The van der Waals surface area contributed by atoms with E-state index in [-0.39, 0.29) is 56.6 Å².